The molecule has 7 heteroatoms. The van der Waals surface area contributed by atoms with E-state index in [0.717, 1.165) is 36.0 Å². The second kappa shape index (κ2) is 5.66. The fraction of sp³-hybridized carbons (Fsp3) is 0.684. The number of nitrogens with one attached hydrogen (secondary N) is 1. The van der Waals surface area contributed by atoms with Gasteiger partial charge in [0.25, 0.3) is 5.91 Å². The number of H-pyrrole nitrogens is 1. The molecule has 5 rings (SSSR count). The predicted octanol–water partition coefficient (Wildman–Crippen LogP) is 2.52. The summed E-state index contributed by atoms with van der Waals surface area (Å²) >= 11 is 0. The van der Waals surface area contributed by atoms with Gasteiger partial charge in [-0.05, 0) is 38.0 Å². The number of nitrogens with zero attached hydrogens (tertiary/aromatic N) is 5. The van der Waals surface area contributed by atoms with E-state index < -0.39 is 0 Å². The highest BCUT2D eigenvalue weighted by atomic mass is 16.2. The average Bonchev–Trinajstić information content (AvgIpc) is 3.01. The lowest BCUT2D eigenvalue weighted by molar-refractivity contribution is 0.0772. The molecule has 1 saturated heterocycles. The highest BCUT2D eigenvalue weighted by Crippen LogP contribution is 2.53. The van der Waals surface area contributed by atoms with E-state index in [2.05, 4.69) is 15.3 Å². The SMILES string of the molecule is Cc1nn(C)cc1C(=O)N1CC(c2nc(C3CC3)n[nH]2)C2(CCCC2)C1. The molecule has 1 unspecified atom stereocenters. The zero-order chi connectivity index (χ0) is 17.9. The molecule has 1 atom stereocenters. The van der Waals surface area contributed by atoms with Gasteiger partial charge in [-0.3, -0.25) is 14.6 Å². The molecule has 3 fully saturated rings. The van der Waals surface area contributed by atoms with Crippen molar-refractivity contribution >= 4 is 5.91 Å². The molecular weight excluding hydrogens is 328 g/mol. The molecule has 3 aliphatic rings. The van der Waals surface area contributed by atoms with E-state index in [0.29, 0.717) is 5.92 Å². The van der Waals surface area contributed by atoms with Gasteiger partial charge in [-0.15, -0.1) is 0 Å². The van der Waals surface area contributed by atoms with Crippen molar-refractivity contribution in [1.29, 1.82) is 0 Å². The largest absolute Gasteiger partial charge is 0.337 e. The number of hydrogen-bond acceptors (Lipinski definition) is 4. The van der Waals surface area contributed by atoms with Crippen LogP contribution in [0, 0.1) is 12.3 Å². The summed E-state index contributed by atoms with van der Waals surface area (Å²) in [6.45, 7) is 3.46. The van der Waals surface area contributed by atoms with Crippen LogP contribution in [0.15, 0.2) is 6.20 Å². The zero-order valence-electron chi connectivity index (χ0n) is 15.5. The molecule has 7 nitrogen and oxygen atoms in total. The number of hydrogen-bond donors (Lipinski definition) is 1. The second-order valence-corrected chi connectivity index (χ2v) is 8.46. The lowest BCUT2D eigenvalue weighted by Crippen LogP contribution is -2.31. The Morgan fingerprint density at radius 2 is 2.08 bits per heavy atom. The molecule has 1 amide bonds. The van der Waals surface area contributed by atoms with Crippen LogP contribution in [0.25, 0.3) is 0 Å². The fourth-order valence-corrected chi connectivity index (χ4v) is 5.03. The Morgan fingerprint density at radius 3 is 2.73 bits per heavy atom. The van der Waals surface area contributed by atoms with E-state index in [1.807, 2.05) is 25.1 Å². The normalized spacial score (nSPS) is 24.7. The van der Waals surface area contributed by atoms with Gasteiger partial charge in [0.15, 0.2) is 5.82 Å². The number of rotatable bonds is 3. The third-order valence-corrected chi connectivity index (χ3v) is 6.57. The van der Waals surface area contributed by atoms with Crippen molar-refractivity contribution in [3.63, 3.8) is 0 Å². The van der Waals surface area contributed by atoms with E-state index in [9.17, 15) is 4.79 Å². The zero-order valence-corrected chi connectivity index (χ0v) is 15.5. The molecule has 3 heterocycles. The van der Waals surface area contributed by atoms with Crippen molar-refractivity contribution < 1.29 is 4.79 Å². The average molecular weight is 354 g/mol. The summed E-state index contributed by atoms with van der Waals surface area (Å²) in [5.74, 6) is 2.89. The number of likely N-dealkylation sites (tertiary alicyclic amines) is 1. The molecule has 2 aliphatic carbocycles. The number of aromatic nitrogens is 5. The fourth-order valence-electron chi connectivity index (χ4n) is 5.03. The minimum Gasteiger partial charge on any atom is -0.337 e. The third-order valence-electron chi connectivity index (χ3n) is 6.57. The lowest BCUT2D eigenvalue weighted by atomic mass is 9.76. The van der Waals surface area contributed by atoms with Gasteiger partial charge in [-0.1, -0.05) is 12.8 Å². The van der Waals surface area contributed by atoms with Gasteiger partial charge >= 0.3 is 0 Å². The van der Waals surface area contributed by atoms with Crippen molar-refractivity contribution in [3.05, 3.63) is 29.1 Å². The van der Waals surface area contributed by atoms with Gasteiger partial charge in [-0.25, -0.2) is 4.98 Å². The summed E-state index contributed by atoms with van der Waals surface area (Å²) in [4.78, 5) is 20.0. The standard InChI is InChI=1S/C19H26N6O/c1-12-14(9-24(2)23-12)18(26)25-10-15(19(11-25)7-3-4-8-19)17-20-16(21-22-17)13-5-6-13/h9,13,15H,3-8,10-11H2,1-2H3,(H,20,21,22). The molecule has 2 aromatic heterocycles. The highest BCUT2D eigenvalue weighted by Gasteiger charge is 2.51. The van der Waals surface area contributed by atoms with Gasteiger partial charge < -0.3 is 4.90 Å². The summed E-state index contributed by atoms with van der Waals surface area (Å²) in [5.41, 5.74) is 1.68. The van der Waals surface area contributed by atoms with Gasteiger partial charge in [0.1, 0.15) is 5.82 Å². The lowest BCUT2D eigenvalue weighted by Gasteiger charge is -2.28. The van der Waals surface area contributed by atoms with Gasteiger partial charge in [-0.2, -0.15) is 10.2 Å². The van der Waals surface area contributed by atoms with Crippen LogP contribution < -0.4 is 0 Å². The molecule has 1 spiro atoms. The predicted molar refractivity (Wildman–Crippen MR) is 95.8 cm³/mol. The highest BCUT2D eigenvalue weighted by molar-refractivity contribution is 5.95. The maximum absolute atomic E-state index is 13.1. The molecule has 26 heavy (non-hydrogen) atoms. The molecule has 0 aromatic carbocycles. The Hall–Kier alpha value is -2.18. The van der Waals surface area contributed by atoms with Crippen LogP contribution in [-0.2, 0) is 7.05 Å². The molecule has 1 aliphatic heterocycles. The Bertz CT molecular complexity index is 842. The van der Waals surface area contributed by atoms with Crippen molar-refractivity contribution in [1.82, 2.24) is 29.9 Å². The summed E-state index contributed by atoms with van der Waals surface area (Å²) in [6, 6.07) is 0. The van der Waals surface area contributed by atoms with E-state index >= 15 is 0 Å². The monoisotopic (exact) mass is 354 g/mol. The van der Waals surface area contributed by atoms with Crippen molar-refractivity contribution in [2.45, 2.75) is 57.3 Å². The molecule has 2 saturated carbocycles. The topological polar surface area (TPSA) is 79.7 Å². The number of carbonyl (C=O) groups excluding carboxylic acids is 1. The van der Waals surface area contributed by atoms with Crippen LogP contribution in [0.3, 0.4) is 0 Å². The molecule has 0 bridgehead atoms. The number of aromatic amines is 1. The number of aryl methyl sites for hydroxylation is 2. The van der Waals surface area contributed by atoms with Crippen LogP contribution in [0.4, 0.5) is 0 Å². The van der Waals surface area contributed by atoms with Crippen LogP contribution >= 0.6 is 0 Å². The van der Waals surface area contributed by atoms with Crippen LogP contribution in [0.2, 0.25) is 0 Å². The Morgan fingerprint density at radius 1 is 1.31 bits per heavy atom. The van der Waals surface area contributed by atoms with Crippen molar-refractivity contribution in [3.8, 4) is 0 Å². The second-order valence-electron chi connectivity index (χ2n) is 8.46. The molecule has 1 N–H and O–H groups in total. The van der Waals surface area contributed by atoms with Crippen LogP contribution in [0.1, 0.15) is 78.1 Å². The first-order valence-electron chi connectivity index (χ1n) is 9.77. The molecule has 0 radical (unpaired) electrons. The molecular formula is C19H26N6O. The summed E-state index contributed by atoms with van der Waals surface area (Å²) in [6.07, 6.45) is 9.09. The minimum atomic E-state index is 0.103. The van der Waals surface area contributed by atoms with E-state index in [1.165, 1.54) is 38.5 Å². The maximum atomic E-state index is 13.1. The first-order valence-corrected chi connectivity index (χ1v) is 9.77. The van der Waals surface area contributed by atoms with Gasteiger partial charge in [0.2, 0.25) is 0 Å². The van der Waals surface area contributed by atoms with Crippen LogP contribution in [-0.4, -0.2) is 48.9 Å². The number of amides is 1. The Balaban J connectivity index is 1.44. The minimum absolute atomic E-state index is 0.103. The van der Waals surface area contributed by atoms with Gasteiger partial charge in [0, 0.05) is 38.2 Å². The summed E-state index contributed by atoms with van der Waals surface area (Å²) < 4.78 is 1.72. The summed E-state index contributed by atoms with van der Waals surface area (Å²) in [7, 11) is 1.86. The smallest absolute Gasteiger partial charge is 0.257 e. The van der Waals surface area contributed by atoms with Crippen molar-refractivity contribution in [2.24, 2.45) is 12.5 Å². The molecule has 138 valence electrons. The number of carbonyl (C=O) groups is 1. The first-order chi connectivity index (χ1) is 12.6. The van der Waals surface area contributed by atoms with E-state index in [1.54, 1.807) is 4.68 Å². The van der Waals surface area contributed by atoms with Gasteiger partial charge in [0.05, 0.1) is 11.3 Å². The molecule has 2 aromatic rings. The van der Waals surface area contributed by atoms with Crippen LogP contribution in [0.5, 0.6) is 0 Å². The summed E-state index contributed by atoms with van der Waals surface area (Å²) in [5, 5.41) is 12.0. The Labute approximate surface area is 153 Å². The third kappa shape index (κ3) is 2.47. The Kier molecular flexibility index (Phi) is 3.49. The van der Waals surface area contributed by atoms with Crippen molar-refractivity contribution in [2.75, 3.05) is 13.1 Å². The van der Waals surface area contributed by atoms with E-state index in [-0.39, 0.29) is 17.2 Å². The van der Waals surface area contributed by atoms with E-state index in [4.69, 9.17) is 4.98 Å². The first kappa shape index (κ1) is 16.0. The maximum Gasteiger partial charge on any atom is 0.257 e. The quantitative estimate of drug-likeness (QED) is 0.918.